The van der Waals surface area contributed by atoms with E-state index < -0.39 is 37.3 Å². The second-order valence-corrected chi connectivity index (χ2v) is 7.16. The molecular formula is C18H27N5O6. The average molecular weight is 409 g/mol. The predicted octanol–water partition coefficient (Wildman–Crippen LogP) is -0.507. The van der Waals surface area contributed by atoms with Gasteiger partial charge in [-0.05, 0) is 12.8 Å². The number of nitrogens with zero attached hydrogens (tertiary/aromatic N) is 4. The van der Waals surface area contributed by atoms with E-state index in [4.69, 9.17) is 10.5 Å². The minimum absolute atomic E-state index is 0.0706. The first-order valence-electron chi connectivity index (χ1n) is 9.74. The molecule has 160 valence electrons. The Kier molecular flexibility index (Phi) is 6.44. The van der Waals surface area contributed by atoms with Crippen molar-refractivity contribution in [1.29, 1.82) is 0 Å². The fourth-order valence-electron chi connectivity index (χ4n) is 3.54. The van der Waals surface area contributed by atoms with E-state index in [0.717, 1.165) is 0 Å². The molecule has 3 rings (SSSR count). The highest BCUT2D eigenvalue weighted by Crippen LogP contribution is 2.38. The highest BCUT2D eigenvalue weighted by molar-refractivity contribution is 6.42. The molecular weight excluding hydrogens is 382 g/mol. The second kappa shape index (κ2) is 8.67. The average Bonchev–Trinajstić information content (AvgIpc) is 3.23. The molecule has 11 heteroatoms. The second-order valence-electron chi connectivity index (χ2n) is 7.16. The molecule has 0 spiro atoms. The van der Waals surface area contributed by atoms with Crippen LogP contribution in [-0.4, -0.2) is 72.2 Å². The van der Waals surface area contributed by atoms with E-state index in [0.29, 0.717) is 12.8 Å². The lowest BCUT2D eigenvalue weighted by Gasteiger charge is -2.32. The first-order valence-corrected chi connectivity index (χ1v) is 9.74. The number of rotatable bonds is 7. The fraction of sp³-hybridized carbons (Fsp3) is 0.667. The third-order valence-electron chi connectivity index (χ3n) is 5.04. The van der Waals surface area contributed by atoms with E-state index in [1.165, 1.54) is 15.8 Å². The summed E-state index contributed by atoms with van der Waals surface area (Å²) in [6, 6.07) is 0. The molecule has 0 saturated carbocycles. The first kappa shape index (κ1) is 21.5. The molecule has 1 aromatic rings. The van der Waals surface area contributed by atoms with Crippen molar-refractivity contribution in [2.24, 2.45) is 10.7 Å². The Morgan fingerprint density at radius 1 is 1.21 bits per heavy atom. The fourth-order valence-corrected chi connectivity index (χ4v) is 3.54. The minimum Gasteiger partial charge on any atom is -0.394 e. The number of ketones is 1. The summed E-state index contributed by atoms with van der Waals surface area (Å²) in [4.78, 5) is 35.1. The molecule has 5 atom stereocenters. The van der Waals surface area contributed by atoms with Crippen LogP contribution < -0.4 is 5.73 Å². The number of hydrogen-bond donors (Lipinski definition) is 4. The van der Waals surface area contributed by atoms with Crippen LogP contribution in [0.3, 0.4) is 0 Å². The number of aromatic nitrogens is 2. The predicted molar refractivity (Wildman–Crippen MR) is 101 cm³/mol. The summed E-state index contributed by atoms with van der Waals surface area (Å²) in [7, 11) is 0. The molecule has 1 amide bonds. The molecule has 5 N–H and O–H groups in total. The topological polar surface area (TPSA) is 164 Å². The van der Waals surface area contributed by atoms with Gasteiger partial charge in [-0.1, -0.05) is 13.8 Å². The van der Waals surface area contributed by atoms with Gasteiger partial charge in [0, 0.05) is 12.8 Å². The van der Waals surface area contributed by atoms with Gasteiger partial charge >= 0.3 is 0 Å². The number of aliphatic imine (C=N–C) groups is 1. The van der Waals surface area contributed by atoms with Gasteiger partial charge in [-0.2, -0.15) is 0 Å². The van der Waals surface area contributed by atoms with Crippen LogP contribution in [0.4, 0.5) is 5.82 Å². The molecule has 2 aliphatic rings. The molecule has 2 aliphatic heterocycles. The highest BCUT2D eigenvalue weighted by Gasteiger charge is 2.46. The van der Waals surface area contributed by atoms with Gasteiger partial charge in [-0.15, -0.1) is 0 Å². The number of fused-ring (bicyclic) bond motifs is 1. The number of amides is 1. The normalized spacial score (nSPS) is 29.0. The summed E-state index contributed by atoms with van der Waals surface area (Å²) < 4.78 is 6.90. The Morgan fingerprint density at radius 3 is 2.48 bits per heavy atom. The molecule has 11 nitrogen and oxygen atoms in total. The van der Waals surface area contributed by atoms with Crippen molar-refractivity contribution >= 4 is 23.3 Å². The van der Waals surface area contributed by atoms with Crippen LogP contribution in [0.5, 0.6) is 0 Å². The summed E-state index contributed by atoms with van der Waals surface area (Å²) in [5, 5.41) is 29.7. The lowest BCUT2D eigenvalue weighted by molar-refractivity contribution is -0.130. The van der Waals surface area contributed by atoms with Crippen molar-refractivity contribution in [2.75, 3.05) is 6.61 Å². The van der Waals surface area contributed by atoms with E-state index in [9.17, 15) is 24.9 Å². The van der Waals surface area contributed by atoms with E-state index in [1.807, 2.05) is 13.8 Å². The zero-order chi connectivity index (χ0) is 21.3. The number of Topliss-reactive ketones (excluding diaryl/α,β-unsaturated/α-hetero) is 1. The van der Waals surface area contributed by atoms with Crippen molar-refractivity contribution in [3.05, 3.63) is 12.0 Å². The number of nitrogens with two attached hydrogens (primary N) is 1. The maximum atomic E-state index is 12.7. The number of hydrogen-bond acceptors (Lipinski definition) is 9. The van der Waals surface area contributed by atoms with E-state index in [2.05, 4.69) is 9.98 Å². The number of amidine groups is 1. The Labute approximate surface area is 167 Å². The Morgan fingerprint density at radius 2 is 1.90 bits per heavy atom. The molecule has 1 saturated heterocycles. The summed E-state index contributed by atoms with van der Waals surface area (Å²) in [6.45, 7) is 3.21. The lowest BCUT2D eigenvalue weighted by Crippen LogP contribution is -2.48. The first-order chi connectivity index (χ1) is 13.8. The molecule has 1 fully saturated rings. The van der Waals surface area contributed by atoms with Gasteiger partial charge in [0.2, 0.25) is 5.91 Å². The number of ether oxygens (including phenoxy) is 1. The Hall–Kier alpha value is -2.18. The van der Waals surface area contributed by atoms with Crippen molar-refractivity contribution in [3.63, 3.8) is 0 Å². The van der Waals surface area contributed by atoms with Crippen LogP contribution >= 0.6 is 0 Å². The van der Waals surface area contributed by atoms with Crippen LogP contribution in [0, 0.1) is 0 Å². The maximum absolute atomic E-state index is 12.7. The number of aliphatic hydroxyl groups excluding tert-OH is 3. The number of carbonyl (C=O) groups excluding carboxylic acids is 2. The van der Waals surface area contributed by atoms with Gasteiger partial charge in [0.05, 0.1) is 12.9 Å². The van der Waals surface area contributed by atoms with Crippen LogP contribution in [0.1, 0.15) is 57.6 Å². The molecule has 1 aromatic heterocycles. The standard InChI is InChI=1S/C18H27N5O6/c1-3-5-9(25)16-21-17-12(15(19)23(16)11(26)6-4-2)20-8-22(17)18-14(28)13(27)10(7-24)29-18/h8,10,13-15,18,24,27-28H,3-7,19H2,1-2H3/t10-,13?,14?,15?,18-/m1/s1. The zero-order valence-electron chi connectivity index (χ0n) is 16.4. The van der Waals surface area contributed by atoms with E-state index >= 15 is 0 Å². The number of imidazole rings is 1. The van der Waals surface area contributed by atoms with Crippen LogP contribution in [-0.2, 0) is 14.3 Å². The van der Waals surface area contributed by atoms with Crippen molar-refractivity contribution in [1.82, 2.24) is 14.5 Å². The SMILES string of the molecule is CCCC(=O)C1=Nc2c(ncn2[C@@H]2O[C@H](CO)C(O)C2O)C(N)N1C(=O)CCC. The number of carbonyl (C=O) groups is 2. The minimum atomic E-state index is -1.34. The molecule has 3 unspecified atom stereocenters. The summed E-state index contributed by atoms with van der Waals surface area (Å²) in [5.41, 5.74) is 6.53. The Balaban J connectivity index is 2.04. The molecule has 0 radical (unpaired) electrons. The third-order valence-corrected chi connectivity index (χ3v) is 5.04. The molecule has 3 heterocycles. The summed E-state index contributed by atoms with van der Waals surface area (Å²) >= 11 is 0. The molecule has 0 aliphatic carbocycles. The van der Waals surface area contributed by atoms with Gasteiger partial charge < -0.3 is 25.8 Å². The van der Waals surface area contributed by atoms with Crippen LogP contribution in [0.2, 0.25) is 0 Å². The van der Waals surface area contributed by atoms with Gasteiger partial charge in [0.1, 0.15) is 30.2 Å². The third kappa shape index (κ3) is 3.71. The van der Waals surface area contributed by atoms with Crippen molar-refractivity contribution < 1.29 is 29.6 Å². The lowest BCUT2D eigenvalue weighted by atomic mass is 10.1. The van der Waals surface area contributed by atoms with Gasteiger partial charge in [0.25, 0.3) is 0 Å². The number of aliphatic hydroxyl groups is 3. The van der Waals surface area contributed by atoms with Crippen LogP contribution in [0.15, 0.2) is 11.3 Å². The van der Waals surface area contributed by atoms with Gasteiger partial charge in [-0.25, -0.2) is 9.98 Å². The summed E-state index contributed by atoms with van der Waals surface area (Å²) in [6.07, 6.45) is -2.83. The van der Waals surface area contributed by atoms with Gasteiger partial charge in [0.15, 0.2) is 23.7 Å². The highest BCUT2D eigenvalue weighted by atomic mass is 16.6. The van der Waals surface area contributed by atoms with Gasteiger partial charge in [-0.3, -0.25) is 19.1 Å². The maximum Gasteiger partial charge on any atom is 0.229 e. The van der Waals surface area contributed by atoms with Crippen molar-refractivity contribution in [2.45, 2.75) is 70.2 Å². The molecule has 29 heavy (non-hydrogen) atoms. The molecule has 0 aromatic carbocycles. The molecule has 0 bridgehead atoms. The van der Waals surface area contributed by atoms with Crippen LogP contribution in [0.25, 0.3) is 0 Å². The zero-order valence-corrected chi connectivity index (χ0v) is 16.4. The Bertz CT molecular complexity index is 809. The largest absolute Gasteiger partial charge is 0.394 e. The smallest absolute Gasteiger partial charge is 0.229 e. The van der Waals surface area contributed by atoms with E-state index in [1.54, 1.807) is 0 Å². The van der Waals surface area contributed by atoms with E-state index in [-0.39, 0.29) is 41.9 Å². The monoisotopic (exact) mass is 409 g/mol. The quantitative estimate of drug-likeness (QED) is 0.468. The van der Waals surface area contributed by atoms with Crippen molar-refractivity contribution in [3.8, 4) is 0 Å². The summed E-state index contributed by atoms with van der Waals surface area (Å²) in [5.74, 6) is -0.547.